The van der Waals surface area contributed by atoms with Crippen molar-refractivity contribution in [3.8, 4) is 0 Å². The first-order chi connectivity index (χ1) is 8.18. The van der Waals surface area contributed by atoms with Crippen molar-refractivity contribution in [3.05, 3.63) is 58.8 Å². The Bertz CT molecular complexity index is 523. The summed E-state index contributed by atoms with van der Waals surface area (Å²) in [5.41, 5.74) is 1.34. The van der Waals surface area contributed by atoms with Crippen molar-refractivity contribution in [2.24, 2.45) is 0 Å². The van der Waals surface area contributed by atoms with Crippen molar-refractivity contribution >= 4 is 0 Å². The molecule has 0 saturated heterocycles. The Morgan fingerprint density at radius 2 is 1.82 bits per heavy atom. The SMILES string of the molecule is CC(C)n1ccn(CCc2ccccc2)c1=O. The van der Waals surface area contributed by atoms with Crippen molar-refractivity contribution < 1.29 is 0 Å². The van der Waals surface area contributed by atoms with Crippen LogP contribution < -0.4 is 5.69 Å². The quantitative estimate of drug-likeness (QED) is 0.792. The van der Waals surface area contributed by atoms with E-state index in [-0.39, 0.29) is 11.7 Å². The summed E-state index contributed by atoms with van der Waals surface area (Å²) in [4.78, 5) is 12.0. The second kappa shape index (κ2) is 5.04. The molecule has 0 N–H and O–H groups in total. The molecule has 17 heavy (non-hydrogen) atoms. The van der Waals surface area contributed by atoms with Crippen LogP contribution in [0.2, 0.25) is 0 Å². The minimum atomic E-state index is 0.0796. The normalized spacial score (nSPS) is 11.0. The average Bonchev–Trinajstić information content (AvgIpc) is 2.69. The van der Waals surface area contributed by atoms with Gasteiger partial charge in [-0.25, -0.2) is 4.79 Å². The van der Waals surface area contributed by atoms with Crippen molar-refractivity contribution in [3.63, 3.8) is 0 Å². The number of nitrogens with zero attached hydrogens (tertiary/aromatic N) is 2. The molecule has 0 amide bonds. The van der Waals surface area contributed by atoms with Gasteiger partial charge in [-0.15, -0.1) is 0 Å². The van der Waals surface area contributed by atoms with E-state index in [0.29, 0.717) is 0 Å². The van der Waals surface area contributed by atoms with Crippen LogP contribution in [-0.2, 0) is 13.0 Å². The minimum Gasteiger partial charge on any atom is -0.299 e. The number of aromatic nitrogens is 2. The topological polar surface area (TPSA) is 26.9 Å². The Labute approximate surface area is 101 Å². The molecule has 90 valence electrons. The van der Waals surface area contributed by atoms with Crippen LogP contribution in [0.4, 0.5) is 0 Å². The summed E-state index contributed by atoms with van der Waals surface area (Å²) in [5, 5.41) is 0. The van der Waals surface area contributed by atoms with Crippen LogP contribution in [0.15, 0.2) is 47.5 Å². The third-order valence-corrected chi connectivity index (χ3v) is 2.91. The second-order valence-corrected chi connectivity index (χ2v) is 4.51. The summed E-state index contributed by atoms with van der Waals surface area (Å²) >= 11 is 0. The molecular weight excluding hydrogens is 212 g/mol. The van der Waals surface area contributed by atoms with Crippen LogP contribution in [0, 0.1) is 0 Å². The molecule has 0 aliphatic rings. The standard InChI is InChI=1S/C14H18N2O/c1-12(2)16-11-10-15(14(16)17)9-8-13-6-4-3-5-7-13/h3-7,10-12H,8-9H2,1-2H3. The lowest BCUT2D eigenvalue weighted by Gasteiger charge is -2.05. The molecule has 3 heteroatoms. The van der Waals surface area contributed by atoms with Gasteiger partial charge < -0.3 is 0 Å². The molecule has 0 spiro atoms. The average molecular weight is 230 g/mol. The molecule has 2 aromatic rings. The highest BCUT2D eigenvalue weighted by molar-refractivity contribution is 5.14. The maximum Gasteiger partial charge on any atom is 0.328 e. The van der Waals surface area contributed by atoms with E-state index in [0.717, 1.165) is 13.0 Å². The van der Waals surface area contributed by atoms with E-state index in [1.54, 1.807) is 9.13 Å². The Kier molecular flexibility index (Phi) is 3.47. The highest BCUT2D eigenvalue weighted by atomic mass is 16.1. The van der Waals surface area contributed by atoms with Crippen LogP contribution in [0.25, 0.3) is 0 Å². The van der Waals surface area contributed by atoms with E-state index in [1.165, 1.54) is 5.56 Å². The molecule has 0 unspecified atom stereocenters. The molecular formula is C14H18N2O. The third kappa shape index (κ3) is 2.67. The van der Waals surface area contributed by atoms with Crippen molar-refractivity contribution in [2.75, 3.05) is 0 Å². The number of imidazole rings is 1. The van der Waals surface area contributed by atoms with Gasteiger partial charge in [0, 0.05) is 25.0 Å². The summed E-state index contributed by atoms with van der Waals surface area (Å²) in [7, 11) is 0. The largest absolute Gasteiger partial charge is 0.328 e. The van der Waals surface area contributed by atoms with Gasteiger partial charge in [-0.3, -0.25) is 9.13 Å². The molecule has 0 radical (unpaired) electrons. The zero-order valence-corrected chi connectivity index (χ0v) is 10.3. The van der Waals surface area contributed by atoms with Crippen molar-refractivity contribution in [1.29, 1.82) is 0 Å². The van der Waals surface area contributed by atoms with E-state index < -0.39 is 0 Å². The molecule has 3 nitrogen and oxygen atoms in total. The molecule has 0 saturated carbocycles. The number of hydrogen-bond donors (Lipinski definition) is 0. The Morgan fingerprint density at radius 3 is 2.41 bits per heavy atom. The van der Waals surface area contributed by atoms with E-state index in [9.17, 15) is 4.79 Å². The molecule has 0 atom stereocenters. The Balaban J connectivity index is 2.08. The highest BCUT2D eigenvalue weighted by Gasteiger charge is 2.05. The first-order valence-corrected chi connectivity index (χ1v) is 5.99. The molecule has 1 aromatic heterocycles. The van der Waals surface area contributed by atoms with E-state index in [2.05, 4.69) is 12.1 Å². The van der Waals surface area contributed by atoms with Gasteiger partial charge in [-0.2, -0.15) is 0 Å². The van der Waals surface area contributed by atoms with Gasteiger partial charge in [0.05, 0.1) is 0 Å². The van der Waals surface area contributed by atoms with Crippen LogP contribution >= 0.6 is 0 Å². The van der Waals surface area contributed by atoms with E-state index in [4.69, 9.17) is 0 Å². The van der Waals surface area contributed by atoms with Gasteiger partial charge in [0.15, 0.2) is 0 Å². The monoisotopic (exact) mass is 230 g/mol. The predicted molar refractivity (Wildman–Crippen MR) is 69.2 cm³/mol. The fourth-order valence-corrected chi connectivity index (χ4v) is 1.89. The maximum atomic E-state index is 12.0. The fraction of sp³-hybridized carbons (Fsp3) is 0.357. The lowest BCUT2D eigenvalue weighted by atomic mass is 10.1. The van der Waals surface area contributed by atoms with Crippen LogP contribution in [0.5, 0.6) is 0 Å². The van der Waals surface area contributed by atoms with E-state index >= 15 is 0 Å². The molecule has 2 rings (SSSR count). The van der Waals surface area contributed by atoms with Gasteiger partial charge >= 0.3 is 5.69 Å². The second-order valence-electron chi connectivity index (χ2n) is 4.51. The van der Waals surface area contributed by atoms with Crippen LogP contribution in [0.1, 0.15) is 25.5 Å². The number of benzene rings is 1. The summed E-state index contributed by atoms with van der Waals surface area (Å²) in [6, 6.07) is 10.5. The lowest BCUT2D eigenvalue weighted by Crippen LogP contribution is -2.25. The van der Waals surface area contributed by atoms with Gasteiger partial charge in [0.2, 0.25) is 0 Å². The molecule has 1 aromatic carbocycles. The number of rotatable bonds is 4. The summed E-state index contributed by atoms with van der Waals surface area (Å²) in [6.07, 6.45) is 4.62. The minimum absolute atomic E-state index is 0.0796. The molecule has 0 bridgehead atoms. The number of aryl methyl sites for hydroxylation is 2. The van der Waals surface area contributed by atoms with Crippen LogP contribution in [0.3, 0.4) is 0 Å². The lowest BCUT2D eigenvalue weighted by molar-refractivity contribution is 0.550. The first-order valence-electron chi connectivity index (χ1n) is 5.99. The zero-order chi connectivity index (χ0) is 12.3. The first kappa shape index (κ1) is 11.7. The van der Waals surface area contributed by atoms with Gasteiger partial charge in [0.25, 0.3) is 0 Å². The molecule has 0 aliphatic heterocycles. The predicted octanol–water partition coefficient (Wildman–Crippen LogP) is 2.47. The van der Waals surface area contributed by atoms with Crippen molar-refractivity contribution in [2.45, 2.75) is 32.9 Å². The fourth-order valence-electron chi connectivity index (χ4n) is 1.89. The van der Waals surface area contributed by atoms with Crippen LogP contribution in [-0.4, -0.2) is 9.13 Å². The Morgan fingerprint density at radius 1 is 1.12 bits per heavy atom. The smallest absolute Gasteiger partial charge is 0.299 e. The third-order valence-electron chi connectivity index (χ3n) is 2.91. The molecule has 1 heterocycles. The van der Waals surface area contributed by atoms with E-state index in [1.807, 2.05) is 44.4 Å². The summed E-state index contributed by atoms with van der Waals surface area (Å²) < 4.78 is 3.53. The summed E-state index contributed by atoms with van der Waals surface area (Å²) in [5.74, 6) is 0. The van der Waals surface area contributed by atoms with Gasteiger partial charge in [-0.05, 0) is 25.8 Å². The maximum absolute atomic E-state index is 12.0. The summed E-state index contributed by atoms with van der Waals surface area (Å²) in [6.45, 7) is 4.77. The Hall–Kier alpha value is -1.77. The zero-order valence-electron chi connectivity index (χ0n) is 10.3. The highest BCUT2D eigenvalue weighted by Crippen LogP contribution is 2.02. The van der Waals surface area contributed by atoms with Crippen molar-refractivity contribution in [1.82, 2.24) is 9.13 Å². The van der Waals surface area contributed by atoms with Gasteiger partial charge in [0.1, 0.15) is 0 Å². The molecule has 0 aliphatic carbocycles. The van der Waals surface area contributed by atoms with Gasteiger partial charge in [-0.1, -0.05) is 30.3 Å². The molecule has 0 fully saturated rings. The number of hydrogen-bond acceptors (Lipinski definition) is 1.